The van der Waals surface area contributed by atoms with Gasteiger partial charge < -0.3 is 5.73 Å². The van der Waals surface area contributed by atoms with E-state index in [9.17, 15) is 5.26 Å². The van der Waals surface area contributed by atoms with E-state index in [4.69, 9.17) is 15.7 Å². The highest BCUT2D eigenvalue weighted by atomic mass is 15.2. The molecule has 3 unspecified atom stereocenters. The minimum atomic E-state index is 0.254. The lowest BCUT2D eigenvalue weighted by Gasteiger charge is -2.23. The lowest BCUT2D eigenvalue weighted by atomic mass is 9.80. The van der Waals surface area contributed by atoms with Crippen LogP contribution in [0.3, 0.4) is 0 Å². The molecule has 5 aromatic carbocycles. The molecule has 246 valence electrons. The third-order valence-electron chi connectivity index (χ3n) is 11.9. The first kappa shape index (κ1) is 29.2. The highest BCUT2D eigenvalue weighted by Crippen LogP contribution is 2.66. The first-order valence-corrected chi connectivity index (χ1v) is 18.2. The Balaban J connectivity index is 1.33. The van der Waals surface area contributed by atoms with Crippen LogP contribution in [0, 0.1) is 17.2 Å². The lowest BCUT2D eigenvalue weighted by molar-refractivity contribution is 0.557. The monoisotopic (exact) mass is 667 g/mol. The average Bonchev–Trinajstić information content (AvgIpc) is 3.85. The Hall–Kier alpha value is -6.51. The fourth-order valence-electron chi connectivity index (χ4n) is 9.94. The molecule has 0 fully saturated rings. The number of nitrogen functional groups attached to an aromatic ring is 1. The van der Waals surface area contributed by atoms with Crippen LogP contribution in [-0.2, 0) is 0 Å². The molecule has 0 saturated carbocycles. The molecule has 4 aliphatic carbocycles. The van der Waals surface area contributed by atoms with E-state index in [-0.39, 0.29) is 5.92 Å². The molecule has 3 atom stereocenters. The Bertz CT molecular complexity index is 2940. The molecule has 5 nitrogen and oxygen atoms in total. The summed E-state index contributed by atoms with van der Waals surface area (Å²) in [6.07, 6.45) is 18.0. The van der Waals surface area contributed by atoms with E-state index in [1.54, 1.807) is 5.57 Å². The van der Waals surface area contributed by atoms with Gasteiger partial charge in [-0.15, -0.1) is 0 Å². The summed E-state index contributed by atoms with van der Waals surface area (Å²) < 4.78 is 2.30. The van der Waals surface area contributed by atoms with Gasteiger partial charge in [-0.1, -0.05) is 109 Å². The van der Waals surface area contributed by atoms with Crippen molar-refractivity contribution < 1.29 is 0 Å². The SMILES string of the molecule is C/C=C\c1nc(-n2c3ccc4ccccc4c3c3c4c(c5ccccc5c32)C2C3=C(C=CCC3)C3=CC=CC4C32)nc(-c2ccc(C#N)cc2)c1N. The summed E-state index contributed by atoms with van der Waals surface area (Å²) in [5, 5.41) is 17.0. The number of hydrogen-bond donors (Lipinski definition) is 1. The smallest absolute Gasteiger partial charge is 0.235 e. The molecule has 7 aromatic rings. The number of fused-ring (bicyclic) bond motifs is 14. The molecule has 0 aliphatic heterocycles. The van der Waals surface area contributed by atoms with Gasteiger partial charge in [0.2, 0.25) is 5.95 Å². The van der Waals surface area contributed by atoms with Crippen LogP contribution in [0.25, 0.3) is 66.6 Å². The van der Waals surface area contributed by atoms with E-state index in [2.05, 4.69) is 102 Å². The van der Waals surface area contributed by atoms with Crippen LogP contribution >= 0.6 is 0 Å². The summed E-state index contributed by atoms with van der Waals surface area (Å²) in [6.45, 7) is 1.98. The second-order valence-corrected chi connectivity index (χ2v) is 14.4. The summed E-state index contributed by atoms with van der Waals surface area (Å²) in [6, 6.07) is 31.9. The van der Waals surface area contributed by atoms with E-state index >= 15 is 0 Å². The number of benzene rings is 5. The van der Waals surface area contributed by atoms with Gasteiger partial charge in [-0.3, -0.25) is 4.57 Å². The Kier molecular flexibility index (Phi) is 6.04. The van der Waals surface area contributed by atoms with Crippen LogP contribution < -0.4 is 5.73 Å². The molecule has 0 bridgehead atoms. The number of aromatic nitrogens is 3. The van der Waals surface area contributed by atoms with E-state index in [1.807, 2.05) is 43.3 Å². The molecule has 4 aliphatic rings. The van der Waals surface area contributed by atoms with E-state index < -0.39 is 0 Å². The summed E-state index contributed by atoms with van der Waals surface area (Å²) in [4.78, 5) is 10.5. The molecule has 2 aromatic heterocycles. The molecule has 0 spiro atoms. The number of anilines is 1. The molecule has 52 heavy (non-hydrogen) atoms. The summed E-state index contributed by atoms with van der Waals surface area (Å²) in [5.74, 6) is 1.58. The van der Waals surface area contributed by atoms with Gasteiger partial charge >= 0.3 is 0 Å². The van der Waals surface area contributed by atoms with Gasteiger partial charge in [0.1, 0.15) is 0 Å². The first-order valence-electron chi connectivity index (χ1n) is 18.2. The molecular formula is C47H33N5. The standard InChI is InChI=1S/C47H33N5/c1-2-10-36-44(49)45(28-21-19-26(25-48)20-22-28)51-47(50-36)52-37-24-23-27-11-3-4-12-29(27)39(37)43-42-35-18-9-17-31-30-13-5-6-14-32(30)40(38(31)35)41(42)33-15-7-8-16-34(33)46(43)52/h2-5,7-13,15-24,35,38,40H,6,14,49H2,1H3/b10-2-. The highest BCUT2D eigenvalue weighted by molar-refractivity contribution is 6.28. The number of nitrogens with zero attached hydrogens (tertiary/aromatic N) is 4. The summed E-state index contributed by atoms with van der Waals surface area (Å²) in [5.41, 5.74) is 19.8. The molecule has 0 saturated heterocycles. The second-order valence-electron chi connectivity index (χ2n) is 14.4. The maximum Gasteiger partial charge on any atom is 0.235 e. The molecule has 11 rings (SSSR count). The summed E-state index contributed by atoms with van der Waals surface area (Å²) in [7, 11) is 0. The molecule has 0 radical (unpaired) electrons. The Morgan fingerprint density at radius 1 is 0.885 bits per heavy atom. The lowest BCUT2D eigenvalue weighted by Crippen LogP contribution is -2.11. The third-order valence-corrected chi connectivity index (χ3v) is 11.9. The van der Waals surface area contributed by atoms with Crippen LogP contribution in [0.1, 0.15) is 54.0 Å². The zero-order valence-electron chi connectivity index (χ0n) is 28.6. The van der Waals surface area contributed by atoms with Crippen molar-refractivity contribution in [3.8, 4) is 23.3 Å². The Morgan fingerprint density at radius 3 is 2.52 bits per heavy atom. The topological polar surface area (TPSA) is 80.5 Å². The van der Waals surface area contributed by atoms with Crippen molar-refractivity contribution in [1.29, 1.82) is 5.26 Å². The minimum Gasteiger partial charge on any atom is -0.395 e. The summed E-state index contributed by atoms with van der Waals surface area (Å²) >= 11 is 0. The van der Waals surface area contributed by atoms with Gasteiger partial charge in [-0.2, -0.15) is 5.26 Å². The van der Waals surface area contributed by atoms with E-state index in [0.717, 1.165) is 29.4 Å². The predicted molar refractivity (Wildman–Crippen MR) is 212 cm³/mol. The van der Waals surface area contributed by atoms with Crippen molar-refractivity contribution in [1.82, 2.24) is 14.5 Å². The second kappa shape index (κ2) is 10.7. The minimum absolute atomic E-state index is 0.254. The zero-order chi connectivity index (χ0) is 34.7. The highest BCUT2D eigenvalue weighted by Gasteiger charge is 2.51. The molecule has 2 heterocycles. The Labute approximate surface area is 301 Å². The van der Waals surface area contributed by atoms with Gasteiger partial charge in [-0.25, -0.2) is 9.97 Å². The maximum absolute atomic E-state index is 9.51. The van der Waals surface area contributed by atoms with Crippen molar-refractivity contribution in [2.24, 2.45) is 5.92 Å². The van der Waals surface area contributed by atoms with Crippen LogP contribution in [0.4, 0.5) is 5.69 Å². The number of nitrogens with two attached hydrogens (primary N) is 1. The van der Waals surface area contributed by atoms with Crippen LogP contribution in [-0.4, -0.2) is 14.5 Å². The van der Waals surface area contributed by atoms with Crippen molar-refractivity contribution in [2.45, 2.75) is 31.6 Å². The molecular weight excluding hydrogens is 635 g/mol. The van der Waals surface area contributed by atoms with Crippen LogP contribution in [0.2, 0.25) is 0 Å². The van der Waals surface area contributed by atoms with E-state index in [0.29, 0.717) is 40.4 Å². The van der Waals surface area contributed by atoms with Crippen molar-refractivity contribution in [2.75, 3.05) is 5.73 Å². The van der Waals surface area contributed by atoms with Gasteiger partial charge in [0.05, 0.1) is 39.7 Å². The third kappa shape index (κ3) is 3.76. The van der Waals surface area contributed by atoms with Gasteiger partial charge in [0.15, 0.2) is 0 Å². The molecule has 0 amide bonds. The van der Waals surface area contributed by atoms with Crippen LogP contribution in [0.15, 0.2) is 138 Å². The number of nitriles is 1. The zero-order valence-corrected chi connectivity index (χ0v) is 28.6. The van der Waals surface area contributed by atoms with Gasteiger partial charge in [0, 0.05) is 39.5 Å². The van der Waals surface area contributed by atoms with E-state index in [1.165, 1.54) is 54.6 Å². The normalized spacial score (nSPS) is 19.9. The van der Waals surface area contributed by atoms with Crippen molar-refractivity contribution in [3.63, 3.8) is 0 Å². The fraction of sp³-hybridized carbons (Fsp3) is 0.128. The van der Waals surface area contributed by atoms with Gasteiger partial charge in [0.25, 0.3) is 0 Å². The van der Waals surface area contributed by atoms with Crippen LogP contribution in [0.5, 0.6) is 0 Å². The first-order chi connectivity index (χ1) is 25.7. The number of allylic oxidation sites excluding steroid dienone is 9. The number of rotatable bonds is 3. The fourth-order valence-corrected chi connectivity index (χ4v) is 9.94. The van der Waals surface area contributed by atoms with Crippen molar-refractivity contribution in [3.05, 3.63) is 160 Å². The largest absolute Gasteiger partial charge is 0.395 e. The predicted octanol–water partition coefficient (Wildman–Crippen LogP) is 11.0. The molecule has 5 heteroatoms. The van der Waals surface area contributed by atoms with Gasteiger partial charge in [-0.05, 0) is 82.5 Å². The Morgan fingerprint density at radius 2 is 1.69 bits per heavy atom. The quantitative estimate of drug-likeness (QED) is 0.203. The number of hydrogen-bond acceptors (Lipinski definition) is 4. The molecule has 2 N–H and O–H groups in total. The van der Waals surface area contributed by atoms with Crippen molar-refractivity contribution >= 4 is 55.1 Å². The average molecular weight is 668 g/mol. The maximum atomic E-state index is 9.51.